The Labute approximate surface area is 191 Å². The Morgan fingerprint density at radius 2 is 1.58 bits per heavy atom. The van der Waals surface area contributed by atoms with Gasteiger partial charge in [-0.2, -0.15) is 0 Å². The fraction of sp³-hybridized carbons (Fsp3) is 0.400. The summed E-state index contributed by atoms with van der Waals surface area (Å²) in [5.74, 6) is 0.559. The van der Waals surface area contributed by atoms with Crippen molar-refractivity contribution in [1.82, 2.24) is 10.2 Å². The number of nitrogens with zero attached hydrogens (tertiary/aromatic N) is 1. The van der Waals surface area contributed by atoms with E-state index in [0.717, 1.165) is 13.1 Å². The quantitative estimate of drug-likeness (QED) is 0.642. The van der Waals surface area contributed by atoms with Crippen molar-refractivity contribution in [3.8, 4) is 23.0 Å². The molecule has 2 aromatic rings. The van der Waals surface area contributed by atoms with Crippen molar-refractivity contribution in [1.29, 1.82) is 0 Å². The topological polar surface area (TPSA) is 63.2 Å². The van der Waals surface area contributed by atoms with E-state index in [4.69, 9.17) is 9.47 Å². The lowest BCUT2D eigenvalue weighted by atomic mass is 9.94. The van der Waals surface area contributed by atoms with Crippen LogP contribution >= 0.6 is 24.8 Å². The van der Waals surface area contributed by atoms with E-state index >= 15 is 0 Å². The zero-order chi connectivity index (χ0) is 21.0. The van der Waals surface area contributed by atoms with Gasteiger partial charge in [-0.05, 0) is 17.7 Å². The second-order valence-electron chi connectivity index (χ2n) is 6.57. The van der Waals surface area contributed by atoms with E-state index in [1.807, 2.05) is 0 Å². The van der Waals surface area contributed by atoms with E-state index in [1.165, 1.54) is 32.4 Å². The second-order valence-corrected chi connectivity index (χ2v) is 6.57. The van der Waals surface area contributed by atoms with Crippen molar-refractivity contribution >= 4 is 24.8 Å². The second kappa shape index (κ2) is 11.5. The fourth-order valence-corrected chi connectivity index (χ4v) is 3.50. The van der Waals surface area contributed by atoms with Crippen LogP contribution in [0.1, 0.15) is 17.2 Å². The fourth-order valence-electron chi connectivity index (χ4n) is 3.50. The van der Waals surface area contributed by atoms with Crippen LogP contribution in [0.3, 0.4) is 0 Å². The van der Waals surface area contributed by atoms with Gasteiger partial charge < -0.3 is 24.6 Å². The van der Waals surface area contributed by atoms with Gasteiger partial charge in [-0.15, -0.1) is 38.0 Å². The van der Waals surface area contributed by atoms with Crippen molar-refractivity contribution in [3.05, 3.63) is 47.5 Å². The highest BCUT2D eigenvalue weighted by atomic mass is 35.5. The molecule has 1 aliphatic heterocycles. The summed E-state index contributed by atoms with van der Waals surface area (Å²) >= 11 is 0. The first-order valence-corrected chi connectivity index (χ1v) is 9.07. The molecule has 11 heteroatoms. The Balaban J connectivity index is 0.00000240. The number of aromatic hydroxyl groups is 1. The van der Waals surface area contributed by atoms with Gasteiger partial charge in [0.25, 0.3) is 0 Å². The van der Waals surface area contributed by atoms with Gasteiger partial charge in [0, 0.05) is 38.3 Å². The molecule has 0 saturated carbocycles. The average Bonchev–Trinajstić information content (AvgIpc) is 2.70. The first-order chi connectivity index (χ1) is 13.8. The first-order valence-electron chi connectivity index (χ1n) is 9.07. The van der Waals surface area contributed by atoms with Crippen molar-refractivity contribution in [2.45, 2.75) is 12.4 Å². The van der Waals surface area contributed by atoms with Gasteiger partial charge >= 0.3 is 6.36 Å². The maximum Gasteiger partial charge on any atom is 0.573 e. The predicted molar refractivity (Wildman–Crippen MR) is 115 cm³/mol. The van der Waals surface area contributed by atoms with E-state index in [1.54, 1.807) is 18.2 Å². The Bertz CT molecular complexity index is 832. The lowest BCUT2D eigenvalue weighted by Gasteiger charge is -2.36. The number of piperazine rings is 1. The van der Waals surface area contributed by atoms with E-state index < -0.39 is 12.4 Å². The Kier molecular flexibility index (Phi) is 10.0. The van der Waals surface area contributed by atoms with Crippen LogP contribution in [-0.2, 0) is 0 Å². The monoisotopic (exact) mass is 484 g/mol. The molecule has 0 unspecified atom stereocenters. The molecule has 174 valence electrons. The Morgan fingerprint density at radius 1 is 0.968 bits per heavy atom. The van der Waals surface area contributed by atoms with Gasteiger partial charge in [0.15, 0.2) is 0 Å². The van der Waals surface area contributed by atoms with E-state index in [-0.39, 0.29) is 36.3 Å². The molecule has 0 radical (unpaired) electrons. The van der Waals surface area contributed by atoms with Gasteiger partial charge in [0.1, 0.15) is 23.0 Å². The van der Waals surface area contributed by atoms with Gasteiger partial charge in [0.2, 0.25) is 0 Å². The number of ether oxygens (including phenoxy) is 3. The molecule has 0 aliphatic carbocycles. The van der Waals surface area contributed by atoms with Gasteiger partial charge in [0.05, 0.1) is 25.8 Å². The molecule has 1 atom stereocenters. The number of hydrogen-bond acceptors (Lipinski definition) is 6. The Hall–Kier alpha value is -2.07. The van der Waals surface area contributed by atoms with Crippen LogP contribution in [0.5, 0.6) is 23.0 Å². The molecule has 2 N–H and O–H groups in total. The number of phenols is 1. The minimum Gasteiger partial charge on any atom is -0.507 e. The summed E-state index contributed by atoms with van der Waals surface area (Å²) in [6, 6.07) is 8.42. The predicted octanol–water partition coefficient (Wildman–Crippen LogP) is 4.15. The number of phenolic OH excluding ortho intramolecular Hbond substituents is 1. The summed E-state index contributed by atoms with van der Waals surface area (Å²) in [6.45, 7) is 2.90. The van der Waals surface area contributed by atoms with Crippen molar-refractivity contribution in [3.63, 3.8) is 0 Å². The van der Waals surface area contributed by atoms with Gasteiger partial charge in [-0.25, -0.2) is 0 Å². The number of halogens is 5. The number of rotatable bonds is 6. The molecule has 1 heterocycles. The normalized spacial score (nSPS) is 15.3. The highest BCUT2D eigenvalue weighted by Gasteiger charge is 2.32. The highest BCUT2D eigenvalue weighted by molar-refractivity contribution is 5.85. The van der Waals surface area contributed by atoms with Crippen LogP contribution in [0.2, 0.25) is 0 Å². The van der Waals surface area contributed by atoms with Crippen LogP contribution in [-0.4, -0.2) is 56.8 Å². The first kappa shape index (κ1) is 27.0. The van der Waals surface area contributed by atoms with Crippen LogP contribution in [0.15, 0.2) is 36.4 Å². The number of benzene rings is 2. The minimum absolute atomic E-state index is 0. The standard InChI is InChI=1S/C20H23F3N2O4.2ClH/c1-27-15-11-16(26)18(17(12-15)28-2)19(25-9-7-24-8-10-25)13-3-5-14(6-4-13)29-20(21,22)23;;/h3-6,11-12,19,24,26H,7-10H2,1-2H3;2*1H/t19-;;/m1../s1. The lowest BCUT2D eigenvalue weighted by Crippen LogP contribution is -2.45. The molecule has 0 bridgehead atoms. The maximum atomic E-state index is 12.5. The van der Waals surface area contributed by atoms with Crippen molar-refractivity contribution in [2.75, 3.05) is 40.4 Å². The molecular formula is C20H25Cl2F3N2O4. The number of alkyl halides is 3. The smallest absolute Gasteiger partial charge is 0.507 e. The largest absolute Gasteiger partial charge is 0.573 e. The number of methoxy groups -OCH3 is 2. The van der Waals surface area contributed by atoms with Crippen LogP contribution in [0, 0.1) is 0 Å². The average molecular weight is 485 g/mol. The molecule has 2 aromatic carbocycles. The third-order valence-corrected chi connectivity index (χ3v) is 4.77. The Morgan fingerprint density at radius 3 is 2.10 bits per heavy atom. The third kappa shape index (κ3) is 6.70. The number of nitrogens with one attached hydrogen (secondary N) is 1. The molecule has 0 spiro atoms. The lowest BCUT2D eigenvalue weighted by molar-refractivity contribution is -0.274. The number of hydrogen-bond donors (Lipinski definition) is 2. The molecule has 0 aromatic heterocycles. The third-order valence-electron chi connectivity index (χ3n) is 4.77. The molecule has 31 heavy (non-hydrogen) atoms. The summed E-state index contributed by atoms with van der Waals surface area (Å²) < 4.78 is 52.1. The van der Waals surface area contributed by atoms with E-state index in [9.17, 15) is 18.3 Å². The summed E-state index contributed by atoms with van der Waals surface area (Å²) in [5, 5.41) is 14.0. The molecule has 1 fully saturated rings. The summed E-state index contributed by atoms with van der Waals surface area (Å²) in [5.41, 5.74) is 1.24. The summed E-state index contributed by atoms with van der Waals surface area (Å²) in [7, 11) is 2.98. The molecule has 1 saturated heterocycles. The summed E-state index contributed by atoms with van der Waals surface area (Å²) in [4.78, 5) is 2.14. The van der Waals surface area contributed by atoms with Crippen LogP contribution < -0.4 is 19.5 Å². The summed E-state index contributed by atoms with van der Waals surface area (Å²) in [6.07, 6.45) is -4.75. The van der Waals surface area contributed by atoms with Gasteiger partial charge in [-0.1, -0.05) is 12.1 Å². The SMILES string of the molecule is COc1cc(O)c([C@@H](c2ccc(OC(F)(F)F)cc2)N2CCNCC2)c(OC)c1.Cl.Cl. The van der Waals surface area contributed by atoms with Crippen molar-refractivity contribution < 1.29 is 32.5 Å². The zero-order valence-corrected chi connectivity index (χ0v) is 18.6. The van der Waals surface area contributed by atoms with Crippen molar-refractivity contribution in [2.24, 2.45) is 0 Å². The molecule has 3 rings (SSSR count). The van der Waals surface area contributed by atoms with E-state index in [0.29, 0.717) is 35.7 Å². The molecular weight excluding hydrogens is 460 g/mol. The molecule has 0 amide bonds. The van der Waals surface area contributed by atoms with Crippen LogP contribution in [0.25, 0.3) is 0 Å². The van der Waals surface area contributed by atoms with Gasteiger partial charge in [-0.3, -0.25) is 4.90 Å². The minimum atomic E-state index is -4.75. The van der Waals surface area contributed by atoms with E-state index in [2.05, 4.69) is 15.0 Å². The van der Waals surface area contributed by atoms with Crippen LogP contribution in [0.4, 0.5) is 13.2 Å². The highest BCUT2D eigenvalue weighted by Crippen LogP contribution is 2.43. The maximum absolute atomic E-state index is 12.5. The molecule has 6 nitrogen and oxygen atoms in total. The zero-order valence-electron chi connectivity index (χ0n) is 16.9. The molecule has 1 aliphatic rings.